The number of rotatable bonds is 3. The van der Waals surface area contributed by atoms with Crippen LogP contribution in [0.4, 0.5) is 13.2 Å². The van der Waals surface area contributed by atoms with Crippen molar-refractivity contribution in [1.82, 2.24) is 4.90 Å². The van der Waals surface area contributed by atoms with Crippen molar-refractivity contribution in [3.05, 3.63) is 34.1 Å². The molecule has 1 aliphatic carbocycles. The van der Waals surface area contributed by atoms with Crippen LogP contribution in [-0.2, 0) is 16.0 Å². The smallest absolute Gasteiger partial charge is 0.209 e. The normalized spacial score (nSPS) is 12.5. The minimum Gasteiger partial charge on any atom is -0.351 e. The van der Waals surface area contributed by atoms with Gasteiger partial charge in [-0.3, -0.25) is 4.79 Å². The van der Waals surface area contributed by atoms with Crippen LogP contribution < -0.4 is 0 Å². The number of hydrogen-bond acceptors (Lipinski definition) is 2. The van der Waals surface area contributed by atoms with Crippen molar-refractivity contribution < 1.29 is 22.8 Å². The van der Waals surface area contributed by atoms with Gasteiger partial charge in [0.1, 0.15) is 12.6 Å². The van der Waals surface area contributed by atoms with E-state index in [1.165, 1.54) is 11.8 Å². The molecule has 0 unspecified atom stereocenters. The number of amides is 1. The van der Waals surface area contributed by atoms with E-state index in [0.29, 0.717) is 5.56 Å². The molecule has 0 atom stereocenters. The van der Waals surface area contributed by atoms with Gasteiger partial charge in [0.15, 0.2) is 11.6 Å². The SMILES string of the molecule is C=O.CCc1c(F)c(F)c(C)c(C2CC2)c1F.CN(C)C=O. The van der Waals surface area contributed by atoms with Crippen LogP contribution >= 0.6 is 0 Å². The van der Waals surface area contributed by atoms with E-state index < -0.39 is 17.5 Å². The van der Waals surface area contributed by atoms with E-state index in [9.17, 15) is 18.0 Å². The largest absolute Gasteiger partial charge is 0.351 e. The molecule has 1 fully saturated rings. The van der Waals surface area contributed by atoms with Crippen LogP contribution in [0.1, 0.15) is 42.4 Å². The summed E-state index contributed by atoms with van der Waals surface area (Å²) in [5.41, 5.74) is 0.426. The zero-order chi connectivity index (χ0) is 17.4. The molecule has 0 aromatic heterocycles. The number of carbonyl (C=O) groups is 2. The highest BCUT2D eigenvalue weighted by Gasteiger charge is 2.32. The third kappa shape index (κ3) is 4.86. The minimum absolute atomic E-state index is 0.102. The van der Waals surface area contributed by atoms with Gasteiger partial charge >= 0.3 is 0 Å². The second kappa shape index (κ2) is 9.23. The van der Waals surface area contributed by atoms with Gasteiger partial charge in [-0.2, -0.15) is 0 Å². The summed E-state index contributed by atoms with van der Waals surface area (Å²) in [7, 11) is 3.38. The Morgan fingerprint density at radius 1 is 1.14 bits per heavy atom. The van der Waals surface area contributed by atoms with E-state index in [4.69, 9.17) is 4.79 Å². The molecule has 2 rings (SSSR count). The molecule has 0 N–H and O–H groups in total. The molecule has 1 amide bonds. The van der Waals surface area contributed by atoms with Gasteiger partial charge in [-0.15, -0.1) is 0 Å². The third-order valence-electron chi connectivity index (χ3n) is 3.24. The van der Waals surface area contributed by atoms with Crippen molar-refractivity contribution in [1.29, 1.82) is 0 Å². The first-order valence-electron chi connectivity index (χ1n) is 6.91. The van der Waals surface area contributed by atoms with Gasteiger partial charge in [0.05, 0.1) is 0 Å². The van der Waals surface area contributed by atoms with Crippen molar-refractivity contribution >= 4 is 13.2 Å². The number of benzene rings is 1. The van der Waals surface area contributed by atoms with Crippen molar-refractivity contribution in [3.63, 3.8) is 0 Å². The molecule has 3 nitrogen and oxygen atoms in total. The van der Waals surface area contributed by atoms with Crippen molar-refractivity contribution in [2.24, 2.45) is 0 Å². The van der Waals surface area contributed by atoms with Gasteiger partial charge < -0.3 is 9.69 Å². The van der Waals surface area contributed by atoms with Crippen molar-refractivity contribution in [2.45, 2.75) is 39.0 Å². The Labute approximate surface area is 129 Å². The predicted octanol–water partition coefficient (Wildman–Crippen LogP) is 3.37. The van der Waals surface area contributed by atoms with Crippen molar-refractivity contribution in [2.75, 3.05) is 14.1 Å². The number of hydrogen-bond donors (Lipinski definition) is 0. The number of halogens is 3. The summed E-state index contributed by atoms with van der Waals surface area (Å²) in [5.74, 6) is -2.33. The fraction of sp³-hybridized carbons (Fsp3) is 0.500. The van der Waals surface area contributed by atoms with Crippen LogP contribution in [0.5, 0.6) is 0 Å². The lowest BCUT2D eigenvalue weighted by Gasteiger charge is -2.12. The predicted molar refractivity (Wildman–Crippen MR) is 79.3 cm³/mol. The van der Waals surface area contributed by atoms with Gasteiger partial charge in [-0.1, -0.05) is 6.92 Å². The van der Waals surface area contributed by atoms with E-state index >= 15 is 0 Å². The van der Waals surface area contributed by atoms with Crippen LogP contribution in [0, 0.1) is 24.4 Å². The Balaban J connectivity index is 0.000000540. The van der Waals surface area contributed by atoms with E-state index in [2.05, 4.69) is 0 Å². The molecular weight excluding hydrogens is 295 g/mol. The van der Waals surface area contributed by atoms with Gasteiger partial charge in [0.25, 0.3) is 0 Å². The Morgan fingerprint density at radius 2 is 1.59 bits per heavy atom. The Kier molecular flexibility index (Phi) is 8.45. The van der Waals surface area contributed by atoms with Crippen LogP contribution in [0.3, 0.4) is 0 Å². The highest BCUT2D eigenvalue weighted by atomic mass is 19.2. The molecule has 1 saturated carbocycles. The molecule has 1 aromatic carbocycles. The molecule has 124 valence electrons. The Bertz CT molecular complexity index is 515. The molecule has 0 heterocycles. The van der Waals surface area contributed by atoms with E-state index in [1.54, 1.807) is 21.0 Å². The molecule has 1 aromatic rings. The van der Waals surface area contributed by atoms with Crippen LogP contribution in [0.15, 0.2) is 0 Å². The van der Waals surface area contributed by atoms with E-state index in [1.807, 2.05) is 6.79 Å². The maximum absolute atomic E-state index is 13.9. The summed E-state index contributed by atoms with van der Waals surface area (Å²) in [5, 5.41) is 0. The van der Waals surface area contributed by atoms with Crippen LogP contribution in [-0.4, -0.2) is 32.2 Å². The fourth-order valence-corrected chi connectivity index (χ4v) is 2.01. The number of carbonyl (C=O) groups excluding carboxylic acids is 2. The zero-order valence-corrected chi connectivity index (χ0v) is 13.4. The van der Waals surface area contributed by atoms with Crippen LogP contribution in [0.25, 0.3) is 0 Å². The zero-order valence-electron chi connectivity index (χ0n) is 13.4. The Hall–Kier alpha value is -1.85. The molecule has 0 bridgehead atoms. The average molecular weight is 317 g/mol. The van der Waals surface area contributed by atoms with Crippen LogP contribution in [0.2, 0.25) is 0 Å². The monoisotopic (exact) mass is 317 g/mol. The maximum atomic E-state index is 13.9. The summed E-state index contributed by atoms with van der Waals surface area (Å²) < 4.78 is 40.7. The molecule has 0 spiro atoms. The topological polar surface area (TPSA) is 37.4 Å². The van der Waals surface area contributed by atoms with Gasteiger partial charge in [0.2, 0.25) is 6.41 Å². The Morgan fingerprint density at radius 3 is 1.91 bits per heavy atom. The lowest BCUT2D eigenvalue weighted by atomic mass is 9.97. The lowest BCUT2D eigenvalue weighted by Crippen LogP contribution is -2.06. The first kappa shape index (κ1) is 20.1. The quantitative estimate of drug-likeness (QED) is 0.633. The molecular formula is C16H22F3NO2. The second-order valence-electron chi connectivity index (χ2n) is 5.16. The van der Waals surface area contributed by atoms with E-state index in [-0.39, 0.29) is 23.5 Å². The summed E-state index contributed by atoms with van der Waals surface area (Å²) >= 11 is 0. The first-order chi connectivity index (χ1) is 10.3. The lowest BCUT2D eigenvalue weighted by molar-refractivity contribution is -0.115. The summed E-state index contributed by atoms with van der Waals surface area (Å²) in [6.45, 7) is 5.08. The van der Waals surface area contributed by atoms with Gasteiger partial charge in [0, 0.05) is 19.7 Å². The highest BCUT2D eigenvalue weighted by molar-refractivity contribution is 5.45. The standard InChI is InChI=1S/C12H13F3.C3H7NO.CH2O/c1-3-8-11(14)9(7-4-5-7)6(2)10(13)12(8)15;1-4(2)3-5;1-2/h7H,3-5H2,1-2H3;3H,1-2H3;1H2. The summed E-state index contributed by atoms with van der Waals surface area (Å²) in [6, 6.07) is 0. The average Bonchev–Trinajstić information content (AvgIpc) is 3.33. The molecule has 0 aliphatic heterocycles. The molecule has 6 heteroatoms. The second-order valence-corrected chi connectivity index (χ2v) is 5.16. The third-order valence-corrected chi connectivity index (χ3v) is 3.24. The molecule has 22 heavy (non-hydrogen) atoms. The maximum Gasteiger partial charge on any atom is 0.209 e. The van der Waals surface area contributed by atoms with E-state index in [0.717, 1.165) is 19.3 Å². The van der Waals surface area contributed by atoms with Gasteiger partial charge in [-0.25, -0.2) is 13.2 Å². The molecule has 0 radical (unpaired) electrons. The van der Waals surface area contributed by atoms with Crippen molar-refractivity contribution in [3.8, 4) is 0 Å². The summed E-state index contributed by atoms with van der Waals surface area (Å²) in [6.07, 6.45) is 2.70. The minimum atomic E-state index is -1.02. The van der Waals surface area contributed by atoms with Gasteiger partial charge in [-0.05, 0) is 43.2 Å². The first-order valence-corrected chi connectivity index (χ1v) is 6.91. The number of nitrogens with zero attached hydrogens (tertiary/aromatic N) is 1. The molecule has 0 saturated heterocycles. The highest BCUT2D eigenvalue weighted by Crippen LogP contribution is 2.44. The molecule has 1 aliphatic rings. The summed E-state index contributed by atoms with van der Waals surface area (Å²) in [4.78, 5) is 18.9. The fourth-order valence-electron chi connectivity index (χ4n) is 2.01.